The van der Waals surface area contributed by atoms with Gasteiger partial charge < -0.3 is 19.9 Å². The number of fused-ring (bicyclic) bond motifs is 2. The highest BCUT2D eigenvalue weighted by atomic mass is 16.7. The van der Waals surface area contributed by atoms with Crippen LogP contribution in [-0.2, 0) is 0 Å². The van der Waals surface area contributed by atoms with Crippen LogP contribution in [0.4, 0.5) is 0 Å². The van der Waals surface area contributed by atoms with Crippen LogP contribution in [0.1, 0.15) is 31.4 Å². The maximum atomic E-state index is 6.15. The Labute approximate surface area is 94.3 Å². The molecule has 2 N–H and O–H groups in total. The summed E-state index contributed by atoms with van der Waals surface area (Å²) in [4.78, 5) is 0. The summed E-state index contributed by atoms with van der Waals surface area (Å²) < 4.78 is 16.5. The summed E-state index contributed by atoms with van der Waals surface area (Å²) in [6.45, 7) is 2.41. The van der Waals surface area contributed by atoms with E-state index in [0.29, 0.717) is 0 Å². The van der Waals surface area contributed by atoms with Gasteiger partial charge in [0.2, 0.25) is 6.79 Å². The molecule has 4 heteroatoms. The minimum atomic E-state index is -0.0514. The topological polar surface area (TPSA) is 53.7 Å². The second-order valence-corrected chi connectivity index (χ2v) is 4.21. The average molecular weight is 221 g/mol. The molecular formula is C12H15NO3. The van der Waals surface area contributed by atoms with Crippen LogP contribution in [-0.4, -0.2) is 12.9 Å². The molecule has 4 nitrogen and oxygen atoms in total. The van der Waals surface area contributed by atoms with Crippen molar-refractivity contribution in [3.63, 3.8) is 0 Å². The molecule has 0 spiro atoms. The zero-order valence-corrected chi connectivity index (χ0v) is 9.23. The minimum absolute atomic E-state index is 0.0514. The van der Waals surface area contributed by atoms with E-state index in [2.05, 4.69) is 6.92 Å². The first-order valence-electron chi connectivity index (χ1n) is 5.65. The monoisotopic (exact) mass is 221 g/mol. The predicted octanol–water partition coefficient (Wildman–Crippen LogP) is 1.98. The fraction of sp³-hybridized carbons (Fsp3) is 0.500. The Morgan fingerprint density at radius 1 is 1.25 bits per heavy atom. The molecule has 0 saturated heterocycles. The molecule has 2 atom stereocenters. The van der Waals surface area contributed by atoms with Gasteiger partial charge in [-0.2, -0.15) is 0 Å². The lowest BCUT2D eigenvalue weighted by Gasteiger charge is -2.13. The first kappa shape index (κ1) is 9.78. The van der Waals surface area contributed by atoms with E-state index < -0.39 is 0 Å². The molecule has 1 aromatic rings. The molecule has 0 aliphatic carbocycles. The van der Waals surface area contributed by atoms with Crippen molar-refractivity contribution in [3.8, 4) is 17.2 Å². The second kappa shape index (κ2) is 3.56. The third-order valence-corrected chi connectivity index (χ3v) is 3.12. The fourth-order valence-electron chi connectivity index (χ4n) is 2.26. The third kappa shape index (κ3) is 1.33. The Kier molecular flexibility index (Phi) is 2.17. The number of ether oxygens (including phenoxy) is 3. The lowest BCUT2D eigenvalue weighted by molar-refractivity contribution is 0.172. The van der Waals surface area contributed by atoms with Crippen molar-refractivity contribution in [2.75, 3.05) is 6.79 Å². The molecule has 0 fully saturated rings. The highest BCUT2D eigenvalue weighted by Gasteiger charge is 2.33. The Bertz CT molecular complexity index is 419. The smallest absolute Gasteiger partial charge is 0.231 e. The minimum Gasteiger partial charge on any atom is -0.488 e. The van der Waals surface area contributed by atoms with Crippen LogP contribution in [0, 0.1) is 0 Å². The molecule has 2 aliphatic rings. The molecular weight excluding hydrogens is 206 g/mol. The number of nitrogens with two attached hydrogens (primary N) is 1. The molecule has 0 bridgehead atoms. The highest BCUT2D eigenvalue weighted by molar-refractivity contribution is 5.54. The lowest BCUT2D eigenvalue weighted by atomic mass is 10.0. The highest BCUT2D eigenvalue weighted by Crippen LogP contribution is 2.45. The van der Waals surface area contributed by atoms with Crippen LogP contribution in [0.25, 0.3) is 0 Å². The Morgan fingerprint density at radius 3 is 2.75 bits per heavy atom. The van der Waals surface area contributed by atoms with E-state index in [1.54, 1.807) is 0 Å². The van der Waals surface area contributed by atoms with Gasteiger partial charge in [-0.15, -0.1) is 0 Å². The summed E-state index contributed by atoms with van der Waals surface area (Å²) in [6, 6.07) is 3.77. The van der Waals surface area contributed by atoms with Crippen LogP contribution >= 0.6 is 0 Å². The summed E-state index contributed by atoms with van der Waals surface area (Å²) in [5.74, 6) is 2.37. The molecule has 0 radical (unpaired) electrons. The van der Waals surface area contributed by atoms with E-state index >= 15 is 0 Å². The van der Waals surface area contributed by atoms with E-state index in [1.807, 2.05) is 12.1 Å². The van der Waals surface area contributed by atoms with Crippen molar-refractivity contribution in [2.45, 2.75) is 31.9 Å². The molecule has 86 valence electrons. The van der Waals surface area contributed by atoms with Crippen molar-refractivity contribution in [1.82, 2.24) is 0 Å². The van der Waals surface area contributed by atoms with Gasteiger partial charge in [-0.25, -0.2) is 0 Å². The van der Waals surface area contributed by atoms with Crippen molar-refractivity contribution in [2.24, 2.45) is 5.73 Å². The van der Waals surface area contributed by atoms with E-state index in [1.165, 1.54) is 0 Å². The number of benzene rings is 1. The molecule has 0 amide bonds. The van der Waals surface area contributed by atoms with Crippen molar-refractivity contribution in [3.05, 3.63) is 17.7 Å². The van der Waals surface area contributed by atoms with E-state index in [4.69, 9.17) is 19.9 Å². The predicted molar refractivity (Wildman–Crippen MR) is 58.8 cm³/mol. The molecule has 1 aromatic carbocycles. The maximum absolute atomic E-state index is 6.15. The van der Waals surface area contributed by atoms with Crippen LogP contribution in [0.15, 0.2) is 12.1 Å². The maximum Gasteiger partial charge on any atom is 0.231 e. The van der Waals surface area contributed by atoms with Crippen LogP contribution < -0.4 is 19.9 Å². The first-order valence-corrected chi connectivity index (χ1v) is 5.65. The van der Waals surface area contributed by atoms with Gasteiger partial charge in [0.25, 0.3) is 0 Å². The molecule has 0 aromatic heterocycles. The Hall–Kier alpha value is -1.42. The third-order valence-electron chi connectivity index (χ3n) is 3.12. The summed E-state index contributed by atoms with van der Waals surface area (Å²) >= 11 is 0. The standard InChI is InChI=1S/C12H15NO3/c1-2-3-8-12(13)7-4-10-11(15-6-14-10)5-9(7)16-8/h4-5,8,12H,2-3,6,13H2,1H3. The average Bonchev–Trinajstić information content (AvgIpc) is 2.83. The molecule has 3 rings (SSSR count). The van der Waals surface area contributed by atoms with Gasteiger partial charge in [0.1, 0.15) is 11.9 Å². The van der Waals surface area contributed by atoms with Gasteiger partial charge >= 0.3 is 0 Å². The van der Waals surface area contributed by atoms with Gasteiger partial charge in [-0.3, -0.25) is 0 Å². The van der Waals surface area contributed by atoms with Crippen molar-refractivity contribution < 1.29 is 14.2 Å². The van der Waals surface area contributed by atoms with Crippen LogP contribution in [0.3, 0.4) is 0 Å². The van der Waals surface area contributed by atoms with E-state index in [-0.39, 0.29) is 18.9 Å². The summed E-state index contributed by atoms with van der Waals surface area (Å²) in [5, 5.41) is 0. The Morgan fingerprint density at radius 2 is 2.00 bits per heavy atom. The summed E-state index contributed by atoms with van der Waals surface area (Å²) in [7, 11) is 0. The summed E-state index contributed by atoms with van der Waals surface area (Å²) in [5.41, 5.74) is 7.18. The van der Waals surface area contributed by atoms with Crippen molar-refractivity contribution >= 4 is 0 Å². The molecule has 0 saturated carbocycles. The second-order valence-electron chi connectivity index (χ2n) is 4.21. The molecule has 16 heavy (non-hydrogen) atoms. The zero-order chi connectivity index (χ0) is 11.1. The van der Waals surface area contributed by atoms with Crippen molar-refractivity contribution in [1.29, 1.82) is 0 Å². The van der Waals surface area contributed by atoms with Crippen LogP contribution in [0.2, 0.25) is 0 Å². The molecule has 2 unspecified atom stereocenters. The first-order chi connectivity index (χ1) is 7.79. The quantitative estimate of drug-likeness (QED) is 0.829. The molecule has 2 aliphatic heterocycles. The fourth-order valence-corrected chi connectivity index (χ4v) is 2.26. The summed E-state index contributed by atoms with van der Waals surface area (Å²) in [6.07, 6.45) is 2.13. The van der Waals surface area contributed by atoms with E-state index in [9.17, 15) is 0 Å². The SMILES string of the molecule is CCCC1Oc2cc3c(cc2C1N)OCO3. The van der Waals surface area contributed by atoms with Gasteiger partial charge in [-0.05, 0) is 12.5 Å². The molecule has 2 heterocycles. The lowest BCUT2D eigenvalue weighted by Crippen LogP contribution is -2.24. The Balaban J connectivity index is 1.95. The van der Waals surface area contributed by atoms with Gasteiger partial charge in [0.05, 0.1) is 6.04 Å². The number of hydrogen-bond donors (Lipinski definition) is 1. The van der Waals surface area contributed by atoms with E-state index in [0.717, 1.165) is 35.7 Å². The van der Waals surface area contributed by atoms with Gasteiger partial charge in [0.15, 0.2) is 11.5 Å². The van der Waals surface area contributed by atoms with Crippen LogP contribution in [0.5, 0.6) is 17.2 Å². The normalized spacial score (nSPS) is 25.4. The van der Waals surface area contributed by atoms with Gasteiger partial charge in [-0.1, -0.05) is 13.3 Å². The number of rotatable bonds is 2. The largest absolute Gasteiger partial charge is 0.488 e. The van der Waals surface area contributed by atoms with Gasteiger partial charge in [0, 0.05) is 11.6 Å². The number of hydrogen-bond acceptors (Lipinski definition) is 4. The zero-order valence-electron chi connectivity index (χ0n) is 9.23.